The number of likely N-dealkylation sites (N-methyl/N-ethyl adjacent to an activating group) is 1. The summed E-state index contributed by atoms with van der Waals surface area (Å²) in [5.41, 5.74) is 3.05. The number of ketones is 2. The highest BCUT2D eigenvalue weighted by atomic mass is 16.7. The van der Waals surface area contributed by atoms with Gasteiger partial charge in [0.1, 0.15) is 22.8 Å². The summed E-state index contributed by atoms with van der Waals surface area (Å²) in [6.07, 6.45) is 0.283. The Morgan fingerprint density at radius 3 is 2.43 bits per heavy atom. The number of Topliss-reactive ketones (excluding diaryl/α,β-unsaturated/α-hetero) is 2. The van der Waals surface area contributed by atoms with Crippen LogP contribution in [-0.2, 0) is 27.4 Å². The number of nitrogens with zero attached hydrogens (tertiary/aromatic N) is 2. The molecule has 0 fully saturated rings. The highest BCUT2D eigenvalue weighted by Gasteiger charge is 2.63. The smallest absolute Gasteiger partial charge is 0.255 e. The van der Waals surface area contributed by atoms with Gasteiger partial charge >= 0.3 is 0 Å². The number of hydrogen-bond acceptors (Lipinski definition) is 10. The number of rotatable bonds is 7. The summed E-state index contributed by atoms with van der Waals surface area (Å²) >= 11 is 0. The van der Waals surface area contributed by atoms with E-state index in [1.807, 2.05) is 13.8 Å². The molecule has 37 heavy (non-hydrogen) atoms. The van der Waals surface area contributed by atoms with Crippen molar-refractivity contribution in [3.05, 3.63) is 51.5 Å². The second-order valence-electron chi connectivity index (χ2n) is 9.93. The number of nitrogens with two attached hydrogens (primary N) is 1. The van der Waals surface area contributed by atoms with Crippen molar-refractivity contribution in [2.75, 3.05) is 27.2 Å². The number of hydrogen-bond donors (Lipinski definition) is 5. The largest absolute Gasteiger partial charge is 0.510 e. The van der Waals surface area contributed by atoms with E-state index in [0.29, 0.717) is 25.3 Å². The molecule has 6 N–H and O–H groups in total. The third-order valence-electron chi connectivity index (χ3n) is 7.71. The fourth-order valence-electron chi connectivity index (χ4n) is 6.08. The zero-order valence-corrected chi connectivity index (χ0v) is 21.3. The van der Waals surface area contributed by atoms with Crippen molar-refractivity contribution < 1.29 is 39.6 Å². The van der Waals surface area contributed by atoms with Crippen LogP contribution in [0.25, 0.3) is 0 Å². The third kappa shape index (κ3) is 3.93. The highest BCUT2D eigenvalue weighted by molar-refractivity contribution is 6.24. The van der Waals surface area contributed by atoms with Gasteiger partial charge in [0.15, 0.2) is 11.4 Å². The molecular weight excluding hydrogens is 482 g/mol. The van der Waals surface area contributed by atoms with Gasteiger partial charge in [0.05, 0.1) is 18.2 Å². The molecule has 4 atom stereocenters. The third-order valence-corrected chi connectivity index (χ3v) is 7.71. The molecule has 0 unspecified atom stereocenters. The zero-order valence-electron chi connectivity index (χ0n) is 21.3. The Morgan fingerprint density at radius 1 is 1.19 bits per heavy atom. The van der Waals surface area contributed by atoms with Crippen LogP contribution in [0.15, 0.2) is 34.8 Å². The number of benzene rings is 1. The molecule has 1 amide bonds. The average molecular weight is 516 g/mol. The Labute approximate surface area is 214 Å². The minimum atomic E-state index is -2.65. The normalized spacial score (nSPS) is 27.5. The van der Waals surface area contributed by atoms with E-state index >= 15 is 0 Å². The summed E-state index contributed by atoms with van der Waals surface area (Å²) in [5.74, 6) is -6.64. The molecule has 0 bridgehead atoms. The van der Waals surface area contributed by atoms with Crippen molar-refractivity contribution in [3.8, 4) is 5.75 Å². The first-order valence-electron chi connectivity index (χ1n) is 12.3. The lowest BCUT2D eigenvalue weighted by atomic mass is 9.58. The minimum Gasteiger partial charge on any atom is -0.510 e. The lowest BCUT2D eigenvalue weighted by Gasteiger charge is -2.50. The molecular formula is C26H33N3O8. The lowest BCUT2D eigenvalue weighted by molar-refractivity contribution is -0.158. The van der Waals surface area contributed by atoms with E-state index in [2.05, 4.69) is 0 Å². The number of allylic oxidation sites excluding steroid dienone is 1. The van der Waals surface area contributed by atoms with Gasteiger partial charge in [0.2, 0.25) is 5.78 Å². The first kappa shape index (κ1) is 26.8. The molecule has 0 saturated heterocycles. The Balaban J connectivity index is 1.89. The lowest BCUT2D eigenvalue weighted by Crippen LogP contribution is -2.63. The molecule has 0 radical (unpaired) electrons. The predicted molar refractivity (Wildman–Crippen MR) is 131 cm³/mol. The number of aromatic hydroxyl groups is 1. The molecule has 0 aromatic heterocycles. The number of amides is 1. The minimum absolute atomic E-state index is 0.00849. The van der Waals surface area contributed by atoms with Crippen LogP contribution in [0.5, 0.6) is 5.75 Å². The standard InChI is InChI=1S/C26H33N3O8/c1-5-29(37-6-2)11-12-7-8-16(30)18-14(12)9-13-10-15-20(28(3)4)22(32)19(25(27)35)24(34)26(15,36)23(33)17(13)21(18)31/h7-8,13,15,20,30,32-33,36H,5-6,9-11H2,1-4H3,(H2,27,35)/t13-,15-,20-,26-/m0/s1. The summed E-state index contributed by atoms with van der Waals surface area (Å²) in [7, 11) is 3.19. The van der Waals surface area contributed by atoms with Crippen LogP contribution >= 0.6 is 0 Å². The number of phenolic OH excluding ortho intramolecular Hbond substituents is 1. The number of aliphatic hydroxyl groups is 3. The summed E-state index contributed by atoms with van der Waals surface area (Å²) in [5, 5.41) is 46.2. The molecule has 4 rings (SSSR count). The van der Waals surface area contributed by atoms with Crippen molar-refractivity contribution >= 4 is 17.5 Å². The van der Waals surface area contributed by atoms with Gasteiger partial charge in [0, 0.05) is 24.6 Å². The van der Waals surface area contributed by atoms with Crippen LogP contribution in [0.3, 0.4) is 0 Å². The molecule has 11 nitrogen and oxygen atoms in total. The Kier molecular flexibility index (Phi) is 6.93. The van der Waals surface area contributed by atoms with E-state index in [9.17, 15) is 34.8 Å². The van der Waals surface area contributed by atoms with Gasteiger partial charge in [-0.25, -0.2) is 0 Å². The van der Waals surface area contributed by atoms with Gasteiger partial charge in [-0.15, -0.1) is 0 Å². The summed E-state index contributed by atoms with van der Waals surface area (Å²) in [6.45, 7) is 5.19. The second-order valence-corrected chi connectivity index (χ2v) is 9.93. The van der Waals surface area contributed by atoms with Gasteiger partial charge in [0.25, 0.3) is 5.91 Å². The maximum absolute atomic E-state index is 13.7. The Hall–Kier alpha value is -3.25. The summed E-state index contributed by atoms with van der Waals surface area (Å²) < 4.78 is 0. The summed E-state index contributed by atoms with van der Waals surface area (Å²) in [6, 6.07) is 2.09. The van der Waals surface area contributed by atoms with Gasteiger partial charge in [-0.3, -0.25) is 24.1 Å². The number of phenols is 1. The van der Waals surface area contributed by atoms with Crippen LogP contribution in [0.1, 0.15) is 41.8 Å². The number of primary amides is 1. The maximum atomic E-state index is 13.7. The van der Waals surface area contributed by atoms with E-state index in [1.54, 1.807) is 25.2 Å². The molecule has 11 heteroatoms. The first-order chi connectivity index (χ1) is 17.4. The number of fused-ring (bicyclic) bond motifs is 3. The molecule has 3 aliphatic carbocycles. The van der Waals surface area contributed by atoms with Crippen molar-refractivity contribution in [2.45, 2.75) is 44.9 Å². The molecule has 1 aromatic rings. The molecule has 0 heterocycles. The predicted octanol–water partition coefficient (Wildman–Crippen LogP) is 0.894. The number of carbonyl (C=O) groups is 3. The van der Waals surface area contributed by atoms with Crippen LogP contribution in [0.4, 0.5) is 0 Å². The van der Waals surface area contributed by atoms with E-state index in [-0.39, 0.29) is 29.7 Å². The van der Waals surface area contributed by atoms with E-state index < -0.39 is 58.0 Å². The number of hydroxylamine groups is 2. The van der Waals surface area contributed by atoms with Crippen LogP contribution in [-0.4, -0.2) is 86.8 Å². The Morgan fingerprint density at radius 2 is 1.86 bits per heavy atom. The van der Waals surface area contributed by atoms with Crippen molar-refractivity contribution in [1.29, 1.82) is 0 Å². The fraction of sp³-hybridized carbons (Fsp3) is 0.500. The molecule has 3 aliphatic rings. The van der Waals surface area contributed by atoms with Crippen molar-refractivity contribution in [3.63, 3.8) is 0 Å². The number of carbonyl (C=O) groups excluding carboxylic acids is 3. The highest BCUT2D eigenvalue weighted by Crippen LogP contribution is 2.52. The molecule has 200 valence electrons. The van der Waals surface area contributed by atoms with Crippen LogP contribution in [0, 0.1) is 11.8 Å². The van der Waals surface area contributed by atoms with E-state index in [1.165, 1.54) is 11.0 Å². The van der Waals surface area contributed by atoms with Gasteiger partial charge in [-0.2, -0.15) is 5.06 Å². The van der Waals surface area contributed by atoms with Crippen molar-refractivity contribution in [1.82, 2.24) is 9.96 Å². The quantitative estimate of drug-likeness (QED) is 0.259. The van der Waals surface area contributed by atoms with Crippen LogP contribution < -0.4 is 5.73 Å². The van der Waals surface area contributed by atoms with E-state index in [4.69, 9.17) is 10.6 Å². The van der Waals surface area contributed by atoms with E-state index in [0.717, 1.165) is 5.56 Å². The monoisotopic (exact) mass is 515 g/mol. The Bertz CT molecular complexity index is 1240. The molecule has 0 saturated carbocycles. The van der Waals surface area contributed by atoms with Gasteiger partial charge in [-0.05, 0) is 57.0 Å². The first-order valence-corrected chi connectivity index (χ1v) is 12.3. The fourth-order valence-corrected chi connectivity index (χ4v) is 6.08. The average Bonchev–Trinajstić information content (AvgIpc) is 2.82. The number of aliphatic hydroxyl groups excluding tert-OH is 2. The van der Waals surface area contributed by atoms with Crippen molar-refractivity contribution in [2.24, 2.45) is 17.6 Å². The SMILES string of the molecule is CCON(CC)Cc1ccc(O)c2c1C[C@H]1C[C@H]3[C@H](N(C)C)C(O)=C(C(N)=O)C(=O)[C@@]3(O)C(O)=C1C2=O. The van der Waals surface area contributed by atoms with Gasteiger partial charge in [-0.1, -0.05) is 13.0 Å². The second kappa shape index (κ2) is 9.56. The topological polar surface area (TPSA) is 174 Å². The van der Waals surface area contributed by atoms with Gasteiger partial charge < -0.3 is 26.2 Å². The maximum Gasteiger partial charge on any atom is 0.255 e. The molecule has 1 aromatic carbocycles. The molecule has 0 spiro atoms. The van der Waals surface area contributed by atoms with Crippen LogP contribution in [0.2, 0.25) is 0 Å². The molecule has 0 aliphatic heterocycles. The summed E-state index contributed by atoms with van der Waals surface area (Å²) in [4.78, 5) is 46.3. The zero-order chi connectivity index (χ0) is 27.4.